The van der Waals surface area contributed by atoms with Crippen molar-refractivity contribution in [1.29, 1.82) is 0 Å². The number of carbonyl (C=O) groups is 1. The summed E-state index contributed by atoms with van der Waals surface area (Å²) in [5.74, 6) is -0.834. The van der Waals surface area contributed by atoms with Gasteiger partial charge in [-0.15, -0.1) is 0 Å². The van der Waals surface area contributed by atoms with Gasteiger partial charge in [0.1, 0.15) is 5.82 Å². The molecule has 0 aromatic heterocycles. The van der Waals surface area contributed by atoms with Crippen LogP contribution in [0, 0.1) is 11.7 Å². The molecule has 0 aliphatic heterocycles. The lowest BCUT2D eigenvalue weighted by molar-refractivity contribution is -0.126. The summed E-state index contributed by atoms with van der Waals surface area (Å²) in [6.07, 6.45) is 0.267. The fourth-order valence-electron chi connectivity index (χ4n) is 3.13. The molecule has 1 aliphatic carbocycles. The van der Waals surface area contributed by atoms with E-state index in [1.807, 2.05) is 24.3 Å². The summed E-state index contributed by atoms with van der Waals surface area (Å²) in [6, 6.07) is 13.8. The molecule has 0 fully saturated rings. The summed E-state index contributed by atoms with van der Waals surface area (Å²) in [5, 5.41) is 13.1. The highest BCUT2D eigenvalue weighted by molar-refractivity contribution is 5.79. The third-order valence-electron chi connectivity index (χ3n) is 4.43. The predicted molar refractivity (Wildman–Crippen MR) is 86.3 cm³/mol. The molecule has 2 aromatic rings. The Kier molecular flexibility index (Phi) is 4.44. The summed E-state index contributed by atoms with van der Waals surface area (Å²) in [7, 11) is 0. The molecule has 0 radical (unpaired) electrons. The van der Waals surface area contributed by atoms with Crippen molar-refractivity contribution >= 4 is 5.91 Å². The lowest BCUT2D eigenvalue weighted by Gasteiger charge is -2.21. The summed E-state index contributed by atoms with van der Waals surface area (Å²) >= 11 is 0. The van der Waals surface area contributed by atoms with Gasteiger partial charge in [-0.3, -0.25) is 4.79 Å². The van der Waals surface area contributed by atoms with Crippen LogP contribution >= 0.6 is 0 Å². The van der Waals surface area contributed by atoms with Crippen LogP contribution in [0.4, 0.5) is 4.39 Å². The van der Waals surface area contributed by atoms with Gasteiger partial charge in [0.25, 0.3) is 0 Å². The van der Waals surface area contributed by atoms with Crippen molar-refractivity contribution in [1.82, 2.24) is 5.32 Å². The Morgan fingerprint density at radius 2 is 1.96 bits per heavy atom. The van der Waals surface area contributed by atoms with Gasteiger partial charge in [0.05, 0.1) is 12.1 Å². The first kappa shape index (κ1) is 15.7. The monoisotopic (exact) mass is 313 g/mol. The summed E-state index contributed by atoms with van der Waals surface area (Å²) in [6.45, 7) is 1.77. The molecular weight excluding hydrogens is 293 g/mol. The second-order valence-corrected chi connectivity index (χ2v) is 6.15. The molecule has 3 rings (SSSR count). The van der Waals surface area contributed by atoms with E-state index >= 15 is 0 Å². The molecule has 4 heteroatoms. The molecule has 120 valence electrons. The van der Waals surface area contributed by atoms with Crippen LogP contribution in [0.25, 0.3) is 0 Å². The molecule has 1 amide bonds. The second kappa shape index (κ2) is 6.50. The Hall–Kier alpha value is -2.20. The van der Waals surface area contributed by atoms with Crippen LogP contribution in [0.1, 0.15) is 29.7 Å². The zero-order chi connectivity index (χ0) is 16.4. The highest BCUT2D eigenvalue weighted by atomic mass is 19.1. The Morgan fingerprint density at radius 3 is 2.74 bits per heavy atom. The van der Waals surface area contributed by atoms with E-state index < -0.39 is 6.10 Å². The van der Waals surface area contributed by atoms with E-state index in [0.717, 1.165) is 11.1 Å². The van der Waals surface area contributed by atoms with Crippen molar-refractivity contribution in [3.63, 3.8) is 0 Å². The largest absolute Gasteiger partial charge is 0.390 e. The number of fused-ring (bicyclic) bond motifs is 1. The van der Waals surface area contributed by atoms with Gasteiger partial charge in [0.15, 0.2) is 0 Å². The van der Waals surface area contributed by atoms with Crippen LogP contribution in [-0.4, -0.2) is 17.1 Å². The molecule has 3 unspecified atom stereocenters. The van der Waals surface area contributed by atoms with Crippen molar-refractivity contribution in [2.75, 3.05) is 0 Å². The first-order valence-electron chi connectivity index (χ1n) is 7.86. The number of hydrogen-bond donors (Lipinski definition) is 2. The normalized spacial score (nSPS) is 20.8. The van der Waals surface area contributed by atoms with Crippen molar-refractivity contribution in [2.24, 2.45) is 5.92 Å². The molecule has 0 saturated carbocycles. The Bertz CT molecular complexity index is 716. The topological polar surface area (TPSA) is 49.3 Å². The SMILES string of the molecule is CC(Cc1ccccc1F)C(=O)NC1c2ccccc2CC1O. The standard InChI is InChI=1S/C19H20FNO2/c1-12(10-14-7-3-5-9-16(14)20)19(23)21-18-15-8-4-2-6-13(15)11-17(18)22/h2-9,12,17-18,22H,10-11H2,1H3,(H,21,23). The Balaban J connectivity index is 1.68. The number of benzene rings is 2. The summed E-state index contributed by atoms with van der Waals surface area (Å²) < 4.78 is 13.7. The van der Waals surface area contributed by atoms with Gasteiger partial charge in [0, 0.05) is 12.3 Å². The molecule has 3 nitrogen and oxygen atoms in total. The van der Waals surface area contributed by atoms with E-state index in [9.17, 15) is 14.3 Å². The van der Waals surface area contributed by atoms with Crippen molar-refractivity contribution < 1.29 is 14.3 Å². The number of aliphatic hydroxyl groups is 1. The maximum absolute atomic E-state index is 13.7. The van der Waals surface area contributed by atoms with Crippen LogP contribution in [-0.2, 0) is 17.6 Å². The number of halogens is 1. The number of carbonyl (C=O) groups excluding carboxylic acids is 1. The fourth-order valence-corrected chi connectivity index (χ4v) is 3.13. The minimum absolute atomic E-state index is 0.172. The molecule has 0 bridgehead atoms. The maximum atomic E-state index is 13.7. The number of nitrogens with one attached hydrogen (secondary N) is 1. The summed E-state index contributed by atoms with van der Waals surface area (Å²) in [5.41, 5.74) is 2.56. The van der Waals surface area contributed by atoms with Gasteiger partial charge in [-0.2, -0.15) is 0 Å². The maximum Gasteiger partial charge on any atom is 0.223 e. The van der Waals surface area contributed by atoms with E-state index in [1.54, 1.807) is 25.1 Å². The Labute approximate surface area is 135 Å². The van der Waals surface area contributed by atoms with Gasteiger partial charge in [-0.05, 0) is 29.2 Å². The minimum Gasteiger partial charge on any atom is -0.390 e. The molecule has 0 heterocycles. The Morgan fingerprint density at radius 1 is 1.26 bits per heavy atom. The van der Waals surface area contributed by atoms with E-state index in [1.165, 1.54) is 6.07 Å². The molecular formula is C19H20FNO2. The number of aliphatic hydroxyl groups excluding tert-OH is 1. The number of rotatable bonds is 4. The average Bonchev–Trinajstić information content (AvgIpc) is 2.85. The summed E-state index contributed by atoms with van der Waals surface area (Å²) in [4.78, 5) is 12.4. The molecule has 1 aliphatic rings. The van der Waals surface area contributed by atoms with Crippen LogP contribution in [0.15, 0.2) is 48.5 Å². The van der Waals surface area contributed by atoms with Crippen LogP contribution in [0.5, 0.6) is 0 Å². The zero-order valence-electron chi connectivity index (χ0n) is 13.0. The van der Waals surface area contributed by atoms with Gasteiger partial charge in [-0.25, -0.2) is 4.39 Å². The molecule has 2 aromatic carbocycles. The molecule has 2 N–H and O–H groups in total. The van der Waals surface area contributed by atoms with Gasteiger partial charge in [-0.1, -0.05) is 49.4 Å². The third kappa shape index (κ3) is 3.27. The van der Waals surface area contributed by atoms with Crippen molar-refractivity contribution in [2.45, 2.75) is 31.9 Å². The van der Waals surface area contributed by atoms with Gasteiger partial charge < -0.3 is 10.4 Å². The highest BCUT2D eigenvalue weighted by Gasteiger charge is 2.32. The smallest absolute Gasteiger partial charge is 0.223 e. The van der Waals surface area contributed by atoms with E-state index in [2.05, 4.69) is 5.32 Å². The lowest BCUT2D eigenvalue weighted by Crippen LogP contribution is -2.37. The third-order valence-corrected chi connectivity index (χ3v) is 4.43. The molecule has 0 spiro atoms. The van der Waals surface area contributed by atoms with E-state index in [0.29, 0.717) is 18.4 Å². The van der Waals surface area contributed by atoms with E-state index in [4.69, 9.17) is 0 Å². The average molecular weight is 313 g/mol. The first-order chi connectivity index (χ1) is 11.1. The van der Waals surface area contributed by atoms with Gasteiger partial charge >= 0.3 is 0 Å². The molecule has 0 saturated heterocycles. The lowest BCUT2D eigenvalue weighted by atomic mass is 9.99. The molecule has 23 heavy (non-hydrogen) atoms. The van der Waals surface area contributed by atoms with Crippen molar-refractivity contribution in [3.05, 3.63) is 71.0 Å². The zero-order valence-corrected chi connectivity index (χ0v) is 13.0. The minimum atomic E-state index is -0.614. The van der Waals surface area contributed by atoms with Crippen LogP contribution < -0.4 is 5.32 Å². The fraction of sp³-hybridized carbons (Fsp3) is 0.316. The van der Waals surface area contributed by atoms with E-state index in [-0.39, 0.29) is 23.7 Å². The first-order valence-corrected chi connectivity index (χ1v) is 7.86. The van der Waals surface area contributed by atoms with Crippen LogP contribution in [0.3, 0.4) is 0 Å². The van der Waals surface area contributed by atoms with Crippen molar-refractivity contribution in [3.8, 4) is 0 Å². The van der Waals surface area contributed by atoms with Gasteiger partial charge in [0.2, 0.25) is 5.91 Å². The number of hydrogen-bond acceptors (Lipinski definition) is 2. The number of amides is 1. The predicted octanol–water partition coefficient (Wildman–Crippen LogP) is 2.78. The highest BCUT2D eigenvalue weighted by Crippen LogP contribution is 2.31. The van der Waals surface area contributed by atoms with Crippen LogP contribution in [0.2, 0.25) is 0 Å². The molecule has 3 atom stereocenters. The second-order valence-electron chi connectivity index (χ2n) is 6.15. The quantitative estimate of drug-likeness (QED) is 0.912.